The number of carbonyl (C=O) groups is 1. The van der Waals surface area contributed by atoms with E-state index < -0.39 is 9.29 Å². The summed E-state index contributed by atoms with van der Waals surface area (Å²) in [6, 6.07) is 5.89. The summed E-state index contributed by atoms with van der Waals surface area (Å²) in [6.45, 7) is 13.1. The SMILES string of the molecule is COC(=O)[C@H](Cc1cncn1C)NC(=S)c1cc(C(C)(C)C)cc(C(C)(C)C)c1.ClC(Cl)(Cl)Cl. The Balaban J connectivity index is 0.00000104. The number of hydrogen-bond acceptors (Lipinski definition) is 4. The van der Waals surface area contributed by atoms with Crippen LogP contribution in [0.4, 0.5) is 0 Å². The molecule has 1 aromatic carbocycles. The Morgan fingerprint density at radius 1 is 1.06 bits per heavy atom. The first-order valence-electron chi connectivity index (χ1n) is 10.6. The first kappa shape index (κ1) is 31.0. The normalized spacial score (nSPS) is 12.9. The number of aryl methyl sites for hydroxylation is 1. The van der Waals surface area contributed by atoms with Crippen molar-refractivity contribution in [3.05, 3.63) is 53.1 Å². The molecule has 0 amide bonds. The zero-order valence-corrected chi connectivity index (χ0v) is 24.6. The molecule has 0 saturated heterocycles. The number of thiocarbonyl (C=S) groups is 1. The Morgan fingerprint density at radius 2 is 1.53 bits per heavy atom. The summed E-state index contributed by atoms with van der Waals surface area (Å²) in [5, 5.41) is 3.22. The quantitative estimate of drug-likeness (QED) is 0.249. The third-order valence-corrected chi connectivity index (χ3v) is 5.40. The number of benzene rings is 1. The van der Waals surface area contributed by atoms with Crippen LogP contribution in [0.15, 0.2) is 30.7 Å². The van der Waals surface area contributed by atoms with Crippen molar-refractivity contribution < 1.29 is 9.53 Å². The van der Waals surface area contributed by atoms with Crippen LogP contribution in [-0.2, 0) is 33.8 Å². The monoisotopic (exact) mass is 567 g/mol. The number of esters is 1. The van der Waals surface area contributed by atoms with Gasteiger partial charge < -0.3 is 14.6 Å². The fourth-order valence-electron chi connectivity index (χ4n) is 2.99. The van der Waals surface area contributed by atoms with Crippen molar-refractivity contribution >= 4 is 69.6 Å². The molecule has 2 rings (SSSR count). The molecule has 1 aromatic heterocycles. The van der Waals surface area contributed by atoms with Crippen LogP contribution in [0.3, 0.4) is 0 Å². The van der Waals surface area contributed by atoms with Gasteiger partial charge in [0.15, 0.2) is 0 Å². The second-order valence-corrected chi connectivity index (χ2v) is 13.8. The lowest BCUT2D eigenvalue weighted by atomic mass is 9.79. The Hall–Kier alpha value is -1.05. The number of aromatic nitrogens is 2. The molecule has 2 aromatic rings. The van der Waals surface area contributed by atoms with E-state index in [1.54, 1.807) is 12.5 Å². The highest BCUT2D eigenvalue weighted by atomic mass is 35.6. The summed E-state index contributed by atoms with van der Waals surface area (Å²) in [5.41, 5.74) is 4.24. The Kier molecular flexibility index (Phi) is 11.2. The van der Waals surface area contributed by atoms with Gasteiger partial charge in [0.05, 0.1) is 13.4 Å². The number of nitrogens with zero attached hydrogens (tertiary/aromatic N) is 2. The van der Waals surface area contributed by atoms with Gasteiger partial charge in [0.1, 0.15) is 11.0 Å². The van der Waals surface area contributed by atoms with Crippen LogP contribution in [0.5, 0.6) is 0 Å². The smallest absolute Gasteiger partial charge is 0.328 e. The maximum Gasteiger partial charge on any atom is 0.328 e. The predicted molar refractivity (Wildman–Crippen MR) is 148 cm³/mol. The molecule has 1 N–H and O–H groups in total. The molecule has 0 aliphatic carbocycles. The maximum atomic E-state index is 12.4. The number of alkyl halides is 4. The van der Waals surface area contributed by atoms with Crippen LogP contribution in [0.25, 0.3) is 0 Å². The van der Waals surface area contributed by atoms with Crippen molar-refractivity contribution in [1.82, 2.24) is 14.9 Å². The predicted octanol–water partition coefficient (Wildman–Crippen LogP) is 6.62. The molecule has 0 unspecified atom stereocenters. The topological polar surface area (TPSA) is 56.1 Å². The zero-order valence-electron chi connectivity index (χ0n) is 20.8. The molecule has 5 nitrogen and oxygen atoms in total. The van der Waals surface area contributed by atoms with E-state index in [-0.39, 0.29) is 16.8 Å². The minimum absolute atomic E-state index is 0.0118. The van der Waals surface area contributed by atoms with E-state index in [1.807, 2.05) is 11.6 Å². The van der Waals surface area contributed by atoms with Crippen LogP contribution in [-0.4, -0.2) is 36.9 Å². The third kappa shape index (κ3) is 10.7. The van der Waals surface area contributed by atoms with Crippen molar-refractivity contribution in [2.45, 2.75) is 68.1 Å². The van der Waals surface area contributed by atoms with Crippen LogP contribution in [0.2, 0.25) is 0 Å². The summed E-state index contributed by atoms with van der Waals surface area (Å²) in [7, 11) is 3.29. The van der Waals surface area contributed by atoms with Crippen molar-refractivity contribution in [3.63, 3.8) is 0 Å². The number of halogens is 4. The highest BCUT2D eigenvalue weighted by molar-refractivity contribution is 7.80. The summed E-state index contributed by atoms with van der Waals surface area (Å²) < 4.78 is 5.28. The molecule has 0 spiro atoms. The maximum absolute atomic E-state index is 12.4. The number of rotatable bonds is 5. The molecule has 0 bridgehead atoms. The highest BCUT2D eigenvalue weighted by Crippen LogP contribution is 2.31. The van der Waals surface area contributed by atoms with Gasteiger partial charge in [-0.2, -0.15) is 0 Å². The highest BCUT2D eigenvalue weighted by Gasteiger charge is 2.25. The number of nitrogens with one attached hydrogen (secondary N) is 1. The van der Waals surface area contributed by atoms with Gasteiger partial charge in [0.25, 0.3) is 3.25 Å². The van der Waals surface area contributed by atoms with Crippen molar-refractivity contribution in [3.8, 4) is 0 Å². The van der Waals surface area contributed by atoms with Crippen molar-refractivity contribution in [2.75, 3.05) is 7.11 Å². The van der Waals surface area contributed by atoms with E-state index >= 15 is 0 Å². The van der Waals surface area contributed by atoms with Crippen LogP contribution >= 0.6 is 58.6 Å². The number of hydrogen-bond donors (Lipinski definition) is 1. The molecule has 0 aliphatic rings. The summed E-state index contributed by atoms with van der Waals surface area (Å²) in [5.74, 6) is -0.350. The van der Waals surface area contributed by atoms with Gasteiger partial charge in [-0.1, -0.05) is 106 Å². The lowest BCUT2D eigenvalue weighted by Crippen LogP contribution is -2.43. The summed E-state index contributed by atoms with van der Waals surface area (Å²) >= 11 is 25.0. The second-order valence-electron chi connectivity index (χ2n) is 9.98. The molecule has 0 saturated carbocycles. The van der Waals surface area contributed by atoms with Gasteiger partial charge in [-0.3, -0.25) is 0 Å². The van der Waals surface area contributed by atoms with Crippen LogP contribution in [0, 0.1) is 0 Å². The lowest BCUT2D eigenvalue weighted by Gasteiger charge is -2.27. The standard InChI is InChI=1S/C23H33N3O2S.CCl4/c1-22(2,3)16-9-15(10-17(11-16)23(4,5)6)20(29)25-19(21(27)28-8)12-18-13-24-14-26(18)7;2-1(3,4)5/h9-11,13-14,19H,12H2,1-8H3,(H,25,29);/t19-;/m0./s1. The zero-order chi connectivity index (χ0) is 26.5. The first-order chi connectivity index (χ1) is 15.3. The molecular weight excluding hydrogens is 536 g/mol. The Labute approximate surface area is 228 Å². The largest absolute Gasteiger partial charge is 0.467 e. The van der Waals surface area contributed by atoms with Gasteiger partial charge in [0.2, 0.25) is 0 Å². The van der Waals surface area contributed by atoms with E-state index in [2.05, 4.69) is 70.0 Å². The van der Waals surface area contributed by atoms with Crippen molar-refractivity contribution in [2.24, 2.45) is 7.05 Å². The van der Waals surface area contributed by atoms with E-state index in [0.29, 0.717) is 11.4 Å². The minimum Gasteiger partial charge on any atom is -0.467 e. The number of carbonyl (C=O) groups excluding carboxylic acids is 1. The average Bonchev–Trinajstić information content (AvgIpc) is 3.08. The third-order valence-electron chi connectivity index (χ3n) is 5.05. The average molecular weight is 569 g/mol. The Bertz CT molecular complexity index is 951. The van der Waals surface area contributed by atoms with Gasteiger partial charge >= 0.3 is 5.97 Å². The van der Waals surface area contributed by atoms with Crippen LogP contribution in [0.1, 0.15) is 63.9 Å². The molecule has 0 fully saturated rings. The molecule has 10 heteroatoms. The number of methoxy groups -OCH3 is 1. The van der Waals surface area contributed by atoms with Gasteiger partial charge in [-0.05, 0) is 34.1 Å². The Morgan fingerprint density at radius 3 is 1.88 bits per heavy atom. The lowest BCUT2D eigenvalue weighted by molar-refractivity contribution is -0.142. The molecule has 1 heterocycles. The molecule has 0 radical (unpaired) electrons. The second kappa shape index (κ2) is 12.3. The van der Waals surface area contributed by atoms with Gasteiger partial charge in [0, 0.05) is 30.9 Å². The van der Waals surface area contributed by atoms with Gasteiger partial charge in [-0.25, -0.2) is 9.78 Å². The van der Waals surface area contributed by atoms with Crippen molar-refractivity contribution in [1.29, 1.82) is 0 Å². The first-order valence-corrected chi connectivity index (χ1v) is 12.5. The van der Waals surface area contributed by atoms with E-state index in [0.717, 1.165) is 11.3 Å². The molecule has 0 aliphatic heterocycles. The molecular formula is C24H33Cl4N3O2S. The van der Waals surface area contributed by atoms with E-state index in [4.69, 9.17) is 63.4 Å². The number of imidazole rings is 1. The summed E-state index contributed by atoms with van der Waals surface area (Å²) in [6.07, 6.45) is 3.90. The fourth-order valence-corrected chi connectivity index (χ4v) is 3.25. The fraction of sp³-hybridized carbons (Fsp3) is 0.542. The van der Waals surface area contributed by atoms with E-state index in [1.165, 1.54) is 18.2 Å². The van der Waals surface area contributed by atoms with E-state index in [9.17, 15) is 4.79 Å². The van der Waals surface area contributed by atoms with Crippen LogP contribution < -0.4 is 5.32 Å². The molecule has 190 valence electrons. The summed E-state index contributed by atoms with van der Waals surface area (Å²) in [4.78, 5) is 17.1. The van der Waals surface area contributed by atoms with Gasteiger partial charge in [-0.15, -0.1) is 0 Å². The molecule has 1 atom stereocenters. The molecule has 34 heavy (non-hydrogen) atoms. The number of ether oxygens (including phenoxy) is 1. The minimum atomic E-state index is -1.61.